The van der Waals surface area contributed by atoms with Gasteiger partial charge in [-0.25, -0.2) is 18.2 Å². The van der Waals surface area contributed by atoms with Crippen molar-refractivity contribution in [2.45, 2.75) is 75.4 Å². The van der Waals surface area contributed by atoms with Gasteiger partial charge in [-0.1, -0.05) is 18.2 Å². The third kappa shape index (κ3) is 9.88. The molecule has 0 aliphatic carbocycles. The number of aryl methyl sites for hydroxylation is 1. The number of H-pyrrole nitrogens is 1. The lowest BCUT2D eigenvalue weighted by atomic mass is 9.88. The highest BCUT2D eigenvalue weighted by Gasteiger charge is 2.48. The minimum atomic E-state index is -2.88. The number of anilines is 2. The van der Waals surface area contributed by atoms with Gasteiger partial charge in [0.2, 0.25) is 11.8 Å². The molecule has 5 aliphatic heterocycles. The van der Waals surface area contributed by atoms with E-state index in [-0.39, 0.29) is 30.7 Å². The summed E-state index contributed by atoms with van der Waals surface area (Å²) >= 11 is 0. The van der Waals surface area contributed by atoms with Crippen molar-refractivity contribution in [2.24, 2.45) is 13.0 Å². The van der Waals surface area contributed by atoms with Crippen molar-refractivity contribution in [1.29, 1.82) is 0 Å². The summed E-state index contributed by atoms with van der Waals surface area (Å²) in [5.74, 6) is -3.35. The molecular formula is C54H62F3N11O3. The number of amides is 3. The number of aromatic amines is 1. The molecule has 17 heteroatoms. The van der Waals surface area contributed by atoms with Crippen molar-refractivity contribution in [2.75, 3.05) is 82.2 Å². The summed E-state index contributed by atoms with van der Waals surface area (Å²) in [5.41, 5.74) is 8.37. The molecule has 3 amide bonds. The topological polar surface area (TPSA) is 138 Å². The van der Waals surface area contributed by atoms with Crippen LogP contribution in [0.3, 0.4) is 0 Å². The van der Waals surface area contributed by atoms with Gasteiger partial charge in [-0.05, 0) is 135 Å². The summed E-state index contributed by atoms with van der Waals surface area (Å²) in [5, 5.41) is 14.8. The van der Waals surface area contributed by atoms with E-state index in [1.165, 1.54) is 22.9 Å². The second-order valence-electron chi connectivity index (χ2n) is 20.5. The molecule has 3 N–H and O–H groups in total. The first-order valence-corrected chi connectivity index (χ1v) is 25.4. The number of rotatable bonds is 11. The number of nitrogens with one attached hydrogen (secondary N) is 3. The predicted octanol–water partition coefficient (Wildman–Crippen LogP) is 7.24. The number of fused-ring (bicyclic) bond motifs is 2. The van der Waals surface area contributed by atoms with Gasteiger partial charge in [-0.2, -0.15) is 5.10 Å². The minimum absolute atomic E-state index is 0.0356. The van der Waals surface area contributed by atoms with E-state index in [1.54, 1.807) is 12.1 Å². The lowest BCUT2D eigenvalue weighted by Crippen LogP contribution is -2.62. The Hall–Kier alpha value is -6.30. The Kier molecular flexibility index (Phi) is 13.1. The first-order valence-electron chi connectivity index (χ1n) is 25.4. The third-order valence-electron chi connectivity index (χ3n) is 16.1. The van der Waals surface area contributed by atoms with Gasteiger partial charge in [-0.3, -0.25) is 39.5 Å². The highest BCUT2D eigenvalue weighted by Crippen LogP contribution is 2.36. The first kappa shape index (κ1) is 47.0. The van der Waals surface area contributed by atoms with E-state index in [0.717, 1.165) is 72.8 Å². The van der Waals surface area contributed by atoms with E-state index in [4.69, 9.17) is 4.98 Å². The van der Waals surface area contributed by atoms with Gasteiger partial charge < -0.3 is 19.7 Å². The largest absolute Gasteiger partial charge is 0.374 e. The molecule has 3 aromatic carbocycles. The molecule has 0 spiro atoms. The number of hydrogen-bond acceptors (Lipinski definition) is 10. The Morgan fingerprint density at radius 3 is 2.35 bits per heavy atom. The molecule has 5 saturated heterocycles. The molecule has 0 radical (unpaired) electrons. The number of carbonyl (C=O) groups is 3. The lowest BCUT2D eigenvalue weighted by Gasteiger charge is -2.47. The van der Waals surface area contributed by atoms with Crippen LogP contribution in [-0.4, -0.2) is 147 Å². The monoisotopic (exact) mass is 969 g/mol. The molecule has 14 nitrogen and oxygen atoms in total. The summed E-state index contributed by atoms with van der Waals surface area (Å²) < 4.78 is 49.3. The highest BCUT2D eigenvalue weighted by atomic mass is 19.3. The molecule has 5 fully saturated rings. The van der Waals surface area contributed by atoms with Gasteiger partial charge in [0.05, 0.1) is 30.0 Å². The maximum atomic E-state index is 15.9. The van der Waals surface area contributed by atoms with Crippen molar-refractivity contribution in [3.8, 4) is 11.1 Å². The Balaban J connectivity index is 0.610. The van der Waals surface area contributed by atoms with Crippen LogP contribution in [0.4, 0.5) is 24.5 Å². The quantitative estimate of drug-likeness (QED) is 0.114. The van der Waals surface area contributed by atoms with Crippen LogP contribution in [0.5, 0.6) is 0 Å². The number of benzene rings is 3. The molecule has 6 aromatic rings. The second kappa shape index (κ2) is 19.7. The fourth-order valence-electron chi connectivity index (χ4n) is 12.0. The van der Waals surface area contributed by atoms with E-state index >= 15 is 13.2 Å². The average Bonchev–Trinajstić information content (AvgIpc) is 3.98. The molecule has 3 aromatic heterocycles. The summed E-state index contributed by atoms with van der Waals surface area (Å²) in [6, 6.07) is 22.2. The van der Waals surface area contributed by atoms with Crippen molar-refractivity contribution in [1.82, 2.24) is 44.7 Å². The molecule has 0 bridgehead atoms. The Morgan fingerprint density at radius 1 is 0.831 bits per heavy atom. The molecule has 5 aliphatic rings. The standard InChI is InChI=1S/C54H62F3N11O3/c1-63-42(30-44-43(12-18-58-51(44)63)39-6-8-46-40(28-39)31-59-62-46)33-64-19-15-37(16-20-64)36-2-4-38(5-3-36)53(71)68-22-13-35(14-23-68)32-65-21-17-49(54(56,57)34-65)67-26-24-66(25-27-67)48-10-7-41(29-45(48)55)60-47-9-11-50(69)61-52(47)70/h2-8,10,12,18,28-31,35,37,47,49,60H,9,11,13-17,19-27,32-34H2,1H3,(H,59,62)(H,61,69,70). The van der Waals surface area contributed by atoms with Crippen LogP contribution in [0.1, 0.15) is 72.5 Å². The molecule has 2 unspecified atom stereocenters. The Bertz CT molecular complexity index is 2920. The van der Waals surface area contributed by atoms with Gasteiger partial charge in [0.1, 0.15) is 17.5 Å². The van der Waals surface area contributed by atoms with Crippen molar-refractivity contribution < 1.29 is 27.6 Å². The summed E-state index contributed by atoms with van der Waals surface area (Å²) in [4.78, 5) is 52.2. The summed E-state index contributed by atoms with van der Waals surface area (Å²) in [6.07, 6.45) is 8.35. The van der Waals surface area contributed by atoms with Crippen LogP contribution in [-0.2, 0) is 23.2 Å². The molecule has 372 valence electrons. The number of piperazine rings is 1. The van der Waals surface area contributed by atoms with Crippen LogP contribution >= 0.6 is 0 Å². The summed E-state index contributed by atoms with van der Waals surface area (Å²) in [6.45, 7) is 6.65. The lowest BCUT2D eigenvalue weighted by molar-refractivity contribution is -0.133. The highest BCUT2D eigenvalue weighted by molar-refractivity contribution is 6.01. The van der Waals surface area contributed by atoms with Crippen LogP contribution < -0.4 is 15.5 Å². The van der Waals surface area contributed by atoms with Crippen LogP contribution in [0, 0.1) is 11.7 Å². The van der Waals surface area contributed by atoms with Gasteiger partial charge in [0, 0.05) is 106 Å². The zero-order valence-corrected chi connectivity index (χ0v) is 40.3. The molecule has 0 saturated carbocycles. The third-order valence-corrected chi connectivity index (χ3v) is 16.1. The van der Waals surface area contributed by atoms with Crippen molar-refractivity contribution in [3.63, 3.8) is 0 Å². The Labute approximate surface area is 411 Å². The van der Waals surface area contributed by atoms with Gasteiger partial charge in [0.15, 0.2) is 0 Å². The van der Waals surface area contributed by atoms with Gasteiger partial charge >= 0.3 is 0 Å². The predicted molar refractivity (Wildman–Crippen MR) is 268 cm³/mol. The number of alkyl halides is 2. The molecule has 11 rings (SSSR count). The maximum Gasteiger partial charge on any atom is 0.275 e. The molecule has 8 heterocycles. The number of nitrogens with zero attached hydrogens (tertiary/aromatic N) is 8. The fraction of sp³-hybridized carbons (Fsp3) is 0.463. The summed E-state index contributed by atoms with van der Waals surface area (Å²) in [7, 11) is 2.11. The van der Waals surface area contributed by atoms with Crippen molar-refractivity contribution >= 4 is 51.0 Å². The number of pyridine rings is 1. The van der Waals surface area contributed by atoms with Crippen LogP contribution in [0.25, 0.3) is 33.1 Å². The van der Waals surface area contributed by atoms with E-state index in [1.807, 2.05) is 44.1 Å². The van der Waals surface area contributed by atoms with Crippen molar-refractivity contribution in [3.05, 3.63) is 108 Å². The second-order valence-corrected chi connectivity index (χ2v) is 20.5. The van der Waals surface area contributed by atoms with E-state index in [9.17, 15) is 14.4 Å². The van der Waals surface area contributed by atoms with Crippen LogP contribution in [0.15, 0.2) is 85.2 Å². The average molecular weight is 970 g/mol. The van der Waals surface area contributed by atoms with E-state index in [0.29, 0.717) is 88.1 Å². The number of halogens is 3. The maximum absolute atomic E-state index is 15.9. The minimum Gasteiger partial charge on any atom is -0.374 e. The normalized spacial score (nSPS) is 22.4. The number of carbonyl (C=O) groups excluding carboxylic acids is 3. The Morgan fingerprint density at radius 2 is 1.61 bits per heavy atom. The number of piperidine rings is 4. The number of likely N-dealkylation sites (tertiary alicyclic amines) is 3. The van der Waals surface area contributed by atoms with Crippen LogP contribution in [0.2, 0.25) is 0 Å². The molecular weight excluding hydrogens is 908 g/mol. The smallest absolute Gasteiger partial charge is 0.275 e. The molecule has 2 atom stereocenters. The first-order chi connectivity index (χ1) is 34.4. The van der Waals surface area contributed by atoms with Gasteiger partial charge in [0.25, 0.3) is 11.8 Å². The van der Waals surface area contributed by atoms with E-state index < -0.39 is 29.7 Å². The zero-order chi connectivity index (χ0) is 48.8. The van der Waals surface area contributed by atoms with Gasteiger partial charge in [-0.15, -0.1) is 0 Å². The number of aromatic nitrogens is 4. The van der Waals surface area contributed by atoms with E-state index in [2.05, 4.69) is 79.8 Å². The number of hydrogen-bond donors (Lipinski definition) is 3. The fourth-order valence-corrected chi connectivity index (χ4v) is 12.0. The number of imide groups is 1. The SMILES string of the molecule is Cn1c(CN2CCC(c3ccc(C(=O)N4CCC(CN5CCC(N6CCN(c7ccc(NC8CCC(=O)NC8=O)cc7F)CC6)C(F)(F)C5)CC4)cc3)CC2)cc2c(-c3ccc4[nH]ncc4c3)ccnc21. The molecule has 71 heavy (non-hydrogen) atoms. The zero-order valence-electron chi connectivity index (χ0n) is 40.3.